The minimum absolute atomic E-state index is 0.441. The molecule has 2 aromatic carbocycles. The zero-order valence-electron chi connectivity index (χ0n) is 11.4. The smallest absolute Gasteiger partial charge is 0.104 e. The summed E-state index contributed by atoms with van der Waals surface area (Å²) in [6, 6.07) is 12.3. The van der Waals surface area contributed by atoms with Crippen molar-refractivity contribution in [3.8, 4) is 0 Å². The Kier molecular flexibility index (Phi) is 3.86. The third-order valence-electron chi connectivity index (χ3n) is 3.24. The first-order valence-electron chi connectivity index (χ1n) is 6.22. The average molecular weight is 270 g/mol. The van der Waals surface area contributed by atoms with Gasteiger partial charge in [0.25, 0.3) is 0 Å². The Morgan fingerprint density at radius 1 is 1.00 bits per heavy atom. The molecule has 0 aromatic heterocycles. The van der Waals surface area contributed by atoms with Crippen molar-refractivity contribution in [1.29, 1.82) is 0 Å². The van der Waals surface area contributed by atoms with Crippen LogP contribution in [0.3, 0.4) is 0 Å². The summed E-state index contributed by atoms with van der Waals surface area (Å²) in [5, 5.41) is 3.46. The molecule has 0 amide bonds. The van der Waals surface area contributed by atoms with Crippen molar-refractivity contribution in [1.82, 2.24) is 0 Å². The maximum atomic E-state index is 5.68. The second-order valence-electron chi connectivity index (χ2n) is 4.79. The summed E-state index contributed by atoms with van der Waals surface area (Å²) in [5.41, 5.74) is 12.4. The van der Waals surface area contributed by atoms with Gasteiger partial charge in [0.1, 0.15) is 4.99 Å². The van der Waals surface area contributed by atoms with E-state index in [2.05, 4.69) is 43.4 Å². The highest BCUT2D eigenvalue weighted by atomic mass is 32.1. The lowest BCUT2D eigenvalue weighted by molar-refractivity contribution is 1.35. The summed E-state index contributed by atoms with van der Waals surface area (Å²) in [4.78, 5) is 0.441. The zero-order valence-corrected chi connectivity index (χ0v) is 12.3. The number of nitrogens with one attached hydrogen (secondary N) is 1. The van der Waals surface area contributed by atoms with Gasteiger partial charge in [0.15, 0.2) is 0 Å². The second-order valence-corrected chi connectivity index (χ2v) is 5.23. The van der Waals surface area contributed by atoms with Crippen LogP contribution in [0.4, 0.5) is 11.4 Å². The molecular weight excluding hydrogens is 252 g/mol. The van der Waals surface area contributed by atoms with Crippen LogP contribution in [0.1, 0.15) is 22.3 Å². The number of anilines is 2. The van der Waals surface area contributed by atoms with E-state index in [9.17, 15) is 0 Å². The lowest BCUT2D eigenvalue weighted by atomic mass is 10.1. The molecule has 0 radical (unpaired) electrons. The topological polar surface area (TPSA) is 38.0 Å². The van der Waals surface area contributed by atoms with Crippen LogP contribution in [-0.4, -0.2) is 4.99 Å². The van der Waals surface area contributed by atoms with E-state index in [1.807, 2.05) is 19.1 Å². The zero-order chi connectivity index (χ0) is 14.0. The Morgan fingerprint density at radius 2 is 1.63 bits per heavy atom. The molecule has 2 nitrogen and oxygen atoms in total. The van der Waals surface area contributed by atoms with Gasteiger partial charge in [-0.05, 0) is 55.7 Å². The molecular formula is C16H18N2S. The first-order chi connectivity index (χ1) is 8.99. The standard InChI is InChI=1S/C16H18N2S/c1-10-5-4-6-11(2)15(10)18-13-7-8-14(16(17)19)12(3)9-13/h4-9,18H,1-3H3,(H2,17,19). The normalized spacial score (nSPS) is 10.3. The summed E-state index contributed by atoms with van der Waals surface area (Å²) in [5.74, 6) is 0. The fourth-order valence-corrected chi connectivity index (χ4v) is 2.40. The fourth-order valence-electron chi connectivity index (χ4n) is 2.17. The van der Waals surface area contributed by atoms with Crippen LogP contribution >= 0.6 is 12.2 Å². The summed E-state index contributed by atoms with van der Waals surface area (Å²) in [6.07, 6.45) is 0. The average Bonchev–Trinajstić information content (AvgIpc) is 2.33. The van der Waals surface area contributed by atoms with Gasteiger partial charge in [0.2, 0.25) is 0 Å². The maximum Gasteiger partial charge on any atom is 0.104 e. The molecule has 0 aliphatic heterocycles. The van der Waals surface area contributed by atoms with Crippen molar-refractivity contribution in [2.75, 3.05) is 5.32 Å². The number of rotatable bonds is 3. The molecule has 0 spiro atoms. The number of para-hydroxylation sites is 1. The molecule has 0 unspecified atom stereocenters. The molecule has 0 aliphatic rings. The van der Waals surface area contributed by atoms with E-state index in [4.69, 9.17) is 18.0 Å². The van der Waals surface area contributed by atoms with E-state index in [-0.39, 0.29) is 0 Å². The monoisotopic (exact) mass is 270 g/mol. The van der Waals surface area contributed by atoms with E-state index < -0.39 is 0 Å². The van der Waals surface area contributed by atoms with E-state index in [1.54, 1.807) is 0 Å². The Balaban J connectivity index is 2.34. The van der Waals surface area contributed by atoms with Crippen molar-refractivity contribution in [2.24, 2.45) is 5.73 Å². The van der Waals surface area contributed by atoms with Crippen molar-refractivity contribution in [3.63, 3.8) is 0 Å². The third-order valence-corrected chi connectivity index (χ3v) is 3.46. The van der Waals surface area contributed by atoms with Crippen LogP contribution in [0.2, 0.25) is 0 Å². The minimum atomic E-state index is 0.441. The SMILES string of the molecule is Cc1cc(Nc2c(C)cccc2C)ccc1C(N)=S. The van der Waals surface area contributed by atoms with E-state index in [1.165, 1.54) is 11.1 Å². The van der Waals surface area contributed by atoms with Gasteiger partial charge in [-0.1, -0.05) is 30.4 Å². The van der Waals surface area contributed by atoms with Gasteiger partial charge in [-0.15, -0.1) is 0 Å². The molecule has 3 N–H and O–H groups in total. The molecule has 0 saturated carbocycles. The fraction of sp³-hybridized carbons (Fsp3) is 0.188. The predicted molar refractivity (Wildman–Crippen MR) is 86.3 cm³/mol. The Labute approximate surface area is 119 Å². The van der Waals surface area contributed by atoms with E-state index in [0.717, 1.165) is 22.5 Å². The summed E-state index contributed by atoms with van der Waals surface area (Å²) < 4.78 is 0. The number of hydrogen-bond acceptors (Lipinski definition) is 2. The molecule has 2 rings (SSSR count). The molecule has 98 valence electrons. The lowest BCUT2D eigenvalue weighted by Gasteiger charge is -2.14. The molecule has 0 fully saturated rings. The third kappa shape index (κ3) is 2.93. The van der Waals surface area contributed by atoms with Crippen LogP contribution in [0.5, 0.6) is 0 Å². The molecule has 0 aliphatic carbocycles. The number of hydrogen-bond donors (Lipinski definition) is 2. The van der Waals surface area contributed by atoms with Crippen LogP contribution in [0.25, 0.3) is 0 Å². The van der Waals surface area contributed by atoms with Crippen molar-refractivity contribution >= 4 is 28.6 Å². The number of nitrogens with two attached hydrogens (primary N) is 1. The van der Waals surface area contributed by atoms with Gasteiger partial charge in [-0.25, -0.2) is 0 Å². The molecule has 0 atom stereocenters. The molecule has 19 heavy (non-hydrogen) atoms. The van der Waals surface area contributed by atoms with Gasteiger partial charge in [0.05, 0.1) is 0 Å². The summed E-state index contributed by atoms with van der Waals surface area (Å²) in [6.45, 7) is 6.22. The lowest BCUT2D eigenvalue weighted by Crippen LogP contribution is -2.11. The first-order valence-corrected chi connectivity index (χ1v) is 6.63. The van der Waals surface area contributed by atoms with Crippen LogP contribution in [-0.2, 0) is 0 Å². The summed E-state index contributed by atoms with van der Waals surface area (Å²) >= 11 is 5.02. The maximum absolute atomic E-state index is 5.68. The highest BCUT2D eigenvalue weighted by Crippen LogP contribution is 2.25. The van der Waals surface area contributed by atoms with E-state index >= 15 is 0 Å². The quantitative estimate of drug-likeness (QED) is 0.828. The van der Waals surface area contributed by atoms with Gasteiger partial charge in [-0.2, -0.15) is 0 Å². The highest BCUT2D eigenvalue weighted by molar-refractivity contribution is 7.80. The highest BCUT2D eigenvalue weighted by Gasteiger charge is 2.05. The largest absolute Gasteiger partial charge is 0.389 e. The minimum Gasteiger partial charge on any atom is -0.389 e. The number of thiocarbonyl (C=S) groups is 1. The van der Waals surface area contributed by atoms with Crippen molar-refractivity contribution < 1.29 is 0 Å². The molecule has 0 heterocycles. The number of benzene rings is 2. The van der Waals surface area contributed by atoms with Gasteiger partial charge in [-0.3, -0.25) is 0 Å². The predicted octanol–water partition coefficient (Wildman–Crippen LogP) is 3.99. The van der Waals surface area contributed by atoms with E-state index in [0.29, 0.717) is 4.99 Å². The number of aryl methyl sites for hydroxylation is 3. The second kappa shape index (κ2) is 5.41. The molecule has 3 heteroatoms. The molecule has 0 saturated heterocycles. The molecule has 2 aromatic rings. The van der Waals surface area contributed by atoms with Crippen molar-refractivity contribution in [3.05, 3.63) is 58.7 Å². The molecule has 0 bridgehead atoms. The Morgan fingerprint density at radius 3 is 2.16 bits per heavy atom. The van der Waals surface area contributed by atoms with Crippen LogP contribution in [0, 0.1) is 20.8 Å². The van der Waals surface area contributed by atoms with Crippen molar-refractivity contribution in [2.45, 2.75) is 20.8 Å². The summed E-state index contributed by atoms with van der Waals surface area (Å²) in [7, 11) is 0. The van der Waals surface area contributed by atoms with Gasteiger partial charge in [0, 0.05) is 16.9 Å². The van der Waals surface area contributed by atoms with Gasteiger partial charge < -0.3 is 11.1 Å². The Hall–Kier alpha value is -1.87. The first kappa shape index (κ1) is 13.6. The Bertz CT molecular complexity index is 612. The van der Waals surface area contributed by atoms with Crippen LogP contribution < -0.4 is 11.1 Å². The van der Waals surface area contributed by atoms with Crippen LogP contribution in [0.15, 0.2) is 36.4 Å². The van der Waals surface area contributed by atoms with Gasteiger partial charge >= 0.3 is 0 Å².